The van der Waals surface area contributed by atoms with Gasteiger partial charge in [-0.3, -0.25) is 9.59 Å². The Morgan fingerprint density at radius 1 is 0.909 bits per heavy atom. The molecule has 33 heavy (non-hydrogen) atoms. The number of likely N-dealkylation sites (tertiary alicyclic amines) is 1. The molecular weight excluding hydrogens is 414 g/mol. The van der Waals surface area contributed by atoms with Crippen LogP contribution in [0.1, 0.15) is 12.0 Å². The fourth-order valence-corrected chi connectivity index (χ4v) is 4.60. The van der Waals surface area contributed by atoms with E-state index in [0.717, 1.165) is 22.6 Å². The third-order valence-electron chi connectivity index (χ3n) is 6.42. The minimum atomic E-state index is -0.253. The van der Waals surface area contributed by atoms with Gasteiger partial charge in [-0.15, -0.1) is 0 Å². The molecule has 2 saturated heterocycles. The Morgan fingerprint density at radius 2 is 1.61 bits per heavy atom. The lowest BCUT2D eigenvalue weighted by Gasteiger charge is -2.36. The highest BCUT2D eigenvalue weighted by atomic mass is 16.2. The molecule has 1 atom stereocenters. The molecule has 1 unspecified atom stereocenters. The molecule has 0 radical (unpaired) electrons. The van der Waals surface area contributed by atoms with Gasteiger partial charge in [0.05, 0.1) is 11.6 Å². The molecule has 0 aliphatic carbocycles. The number of hydrogen-bond donors (Lipinski definition) is 0. The standard InChI is InChI=1S/C26H27N5O2/c32-25-15-22(18-31(25)17-20-7-3-1-4-8-20)26(33)30-13-11-29(12-14-30)24-16-23(27-19-28-24)21-9-5-2-6-10-21/h1-10,16,19,22H,11-15,17-18H2. The zero-order valence-electron chi connectivity index (χ0n) is 18.5. The maximum Gasteiger partial charge on any atom is 0.228 e. The van der Waals surface area contributed by atoms with E-state index >= 15 is 0 Å². The van der Waals surface area contributed by atoms with Crippen molar-refractivity contribution in [2.75, 3.05) is 37.6 Å². The topological polar surface area (TPSA) is 69.6 Å². The van der Waals surface area contributed by atoms with Crippen molar-refractivity contribution in [2.45, 2.75) is 13.0 Å². The van der Waals surface area contributed by atoms with Crippen molar-refractivity contribution in [1.82, 2.24) is 19.8 Å². The van der Waals surface area contributed by atoms with Gasteiger partial charge < -0.3 is 14.7 Å². The lowest BCUT2D eigenvalue weighted by molar-refractivity contribution is -0.136. The molecule has 2 amide bonds. The minimum Gasteiger partial charge on any atom is -0.353 e. The van der Waals surface area contributed by atoms with Crippen LogP contribution in [0.15, 0.2) is 73.1 Å². The predicted octanol–water partition coefficient (Wildman–Crippen LogP) is 2.84. The van der Waals surface area contributed by atoms with Crippen LogP contribution in [-0.2, 0) is 16.1 Å². The summed E-state index contributed by atoms with van der Waals surface area (Å²) in [4.78, 5) is 40.4. The molecule has 3 heterocycles. The van der Waals surface area contributed by atoms with Crippen LogP contribution < -0.4 is 4.90 Å². The fourth-order valence-electron chi connectivity index (χ4n) is 4.60. The summed E-state index contributed by atoms with van der Waals surface area (Å²) in [6.45, 7) is 3.75. The third kappa shape index (κ3) is 4.72. The van der Waals surface area contributed by atoms with E-state index in [1.165, 1.54) is 0 Å². The molecule has 2 aromatic carbocycles. The van der Waals surface area contributed by atoms with Crippen molar-refractivity contribution in [2.24, 2.45) is 5.92 Å². The van der Waals surface area contributed by atoms with Crippen molar-refractivity contribution in [3.05, 3.63) is 78.6 Å². The van der Waals surface area contributed by atoms with Gasteiger partial charge >= 0.3 is 0 Å². The van der Waals surface area contributed by atoms with Crippen LogP contribution in [0, 0.1) is 5.92 Å². The maximum atomic E-state index is 13.1. The highest BCUT2D eigenvalue weighted by molar-refractivity contribution is 5.89. The van der Waals surface area contributed by atoms with Crippen LogP contribution >= 0.6 is 0 Å². The van der Waals surface area contributed by atoms with E-state index in [-0.39, 0.29) is 17.7 Å². The second kappa shape index (κ2) is 9.40. The maximum absolute atomic E-state index is 13.1. The molecule has 0 bridgehead atoms. The quantitative estimate of drug-likeness (QED) is 0.609. The molecule has 7 heteroatoms. The summed E-state index contributed by atoms with van der Waals surface area (Å²) in [5, 5.41) is 0. The number of aromatic nitrogens is 2. The van der Waals surface area contributed by atoms with Crippen molar-refractivity contribution < 1.29 is 9.59 Å². The third-order valence-corrected chi connectivity index (χ3v) is 6.42. The van der Waals surface area contributed by atoms with Crippen LogP contribution in [0.25, 0.3) is 11.3 Å². The van der Waals surface area contributed by atoms with E-state index in [4.69, 9.17) is 0 Å². The van der Waals surface area contributed by atoms with Gasteiger partial charge in [0.2, 0.25) is 11.8 Å². The number of carbonyl (C=O) groups excluding carboxylic acids is 2. The first-order valence-electron chi connectivity index (χ1n) is 11.4. The van der Waals surface area contributed by atoms with E-state index in [1.54, 1.807) is 11.2 Å². The first kappa shape index (κ1) is 21.1. The van der Waals surface area contributed by atoms with Crippen LogP contribution in [0.4, 0.5) is 5.82 Å². The van der Waals surface area contributed by atoms with Gasteiger partial charge in [-0.1, -0.05) is 60.7 Å². The van der Waals surface area contributed by atoms with E-state index in [0.29, 0.717) is 45.7 Å². The van der Waals surface area contributed by atoms with Crippen molar-refractivity contribution in [1.29, 1.82) is 0 Å². The van der Waals surface area contributed by atoms with Gasteiger partial charge in [-0.2, -0.15) is 0 Å². The van der Waals surface area contributed by atoms with Gasteiger partial charge in [0.25, 0.3) is 0 Å². The van der Waals surface area contributed by atoms with E-state index in [2.05, 4.69) is 14.9 Å². The molecule has 0 spiro atoms. The number of anilines is 1. The van der Waals surface area contributed by atoms with Gasteiger partial charge in [0, 0.05) is 57.3 Å². The zero-order valence-corrected chi connectivity index (χ0v) is 18.5. The summed E-state index contributed by atoms with van der Waals surface area (Å²) in [5.74, 6) is 0.772. The summed E-state index contributed by atoms with van der Waals surface area (Å²) in [7, 11) is 0. The van der Waals surface area contributed by atoms with Crippen LogP contribution in [-0.4, -0.2) is 64.3 Å². The Morgan fingerprint density at radius 3 is 2.33 bits per heavy atom. The number of nitrogens with zero attached hydrogens (tertiary/aromatic N) is 5. The van der Waals surface area contributed by atoms with E-state index in [1.807, 2.05) is 71.6 Å². The SMILES string of the molecule is O=C1CC(C(=O)N2CCN(c3cc(-c4ccccc4)ncn3)CC2)CN1Cc1ccccc1. The van der Waals surface area contributed by atoms with E-state index in [9.17, 15) is 9.59 Å². The predicted molar refractivity (Wildman–Crippen MR) is 126 cm³/mol. The molecule has 0 saturated carbocycles. The molecule has 7 nitrogen and oxygen atoms in total. The Kier molecular flexibility index (Phi) is 6.02. The normalized spacial score (nSPS) is 18.6. The van der Waals surface area contributed by atoms with Gasteiger partial charge in [0.15, 0.2) is 0 Å². The smallest absolute Gasteiger partial charge is 0.228 e. The molecule has 2 fully saturated rings. The Labute approximate surface area is 193 Å². The minimum absolute atomic E-state index is 0.0604. The Hall–Kier alpha value is -3.74. The fraction of sp³-hybridized carbons (Fsp3) is 0.308. The van der Waals surface area contributed by atoms with Crippen LogP contribution in [0.3, 0.4) is 0 Å². The van der Waals surface area contributed by atoms with Crippen molar-refractivity contribution in [3.8, 4) is 11.3 Å². The summed E-state index contributed by atoms with van der Waals surface area (Å²) in [5.41, 5.74) is 3.04. The average molecular weight is 442 g/mol. The van der Waals surface area contributed by atoms with Crippen molar-refractivity contribution >= 4 is 17.6 Å². The average Bonchev–Trinajstić information content (AvgIpc) is 3.25. The second-order valence-corrected chi connectivity index (χ2v) is 8.60. The number of benzene rings is 2. The molecule has 1 aromatic heterocycles. The molecule has 2 aliphatic heterocycles. The molecule has 3 aromatic rings. The monoisotopic (exact) mass is 441 g/mol. The second-order valence-electron chi connectivity index (χ2n) is 8.60. The van der Waals surface area contributed by atoms with Crippen LogP contribution in [0.5, 0.6) is 0 Å². The summed E-state index contributed by atoms with van der Waals surface area (Å²) < 4.78 is 0. The summed E-state index contributed by atoms with van der Waals surface area (Å²) in [6, 6.07) is 22.0. The number of carbonyl (C=O) groups is 2. The number of hydrogen-bond acceptors (Lipinski definition) is 5. The highest BCUT2D eigenvalue weighted by Crippen LogP contribution is 2.25. The molecule has 2 aliphatic rings. The lowest BCUT2D eigenvalue weighted by atomic mass is 10.1. The summed E-state index contributed by atoms with van der Waals surface area (Å²) in [6.07, 6.45) is 1.90. The molecule has 168 valence electrons. The van der Waals surface area contributed by atoms with Crippen LogP contribution in [0.2, 0.25) is 0 Å². The molecule has 5 rings (SSSR count). The Balaban J connectivity index is 1.18. The number of amides is 2. The van der Waals surface area contributed by atoms with Gasteiger partial charge in [0.1, 0.15) is 12.1 Å². The number of piperazine rings is 1. The van der Waals surface area contributed by atoms with Crippen molar-refractivity contribution in [3.63, 3.8) is 0 Å². The number of rotatable bonds is 5. The summed E-state index contributed by atoms with van der Waals surface area (Å²) >= 11 is 0. The molecule has 0 N–H and O–H groups in total. The first-order valence-corrected chi connectivity index (χ1v) is 11.4. The largest absolute Gasteiger partial charge is 0.353 e. The molecular formula is C26H27N5O2. The Bertz CT molecular complexity index is 1110. The lowest BCUT2D eigenvalue weighted by Crippen LogP contribution is -2.51. The zero-order chi connectivity index (χ0) is 22.6. The van der Waals surface area contributed by atoms with E-state index < -0.39 is 0 Å². The van der Waals surface area contributed by atoms with Gasteiger partial charge in [-0.25, -0.2) is 9.97 Å². The highest BCUT2D eigenvalue weighted by Gasteiger charge is 2.37. The van der Waals surface area contributed by atoms with Gasteiger partial charge in [-0.05, 0) is 5.56 Å². The first-order chi connectivity index (χ1) is 16.2.